The number of amides is 1. The highest BCUT2D eigenvalue weighted by molar-refractivity contribution is 5.92. The van der Waals surface area contributed by atoms with Gasteiger partial charge < -0.3 is 11.1 Å². The van der Waals surface area contributed by atoms with Crippen LogP contribution in [0, 0.1) is 5.92 Å². The maximum Gasteiger partial charge on any atom is 0.238 e. The molecule has 1 rings (SSSR count). The fourth-order valence-corrected chi connectivity index (χ4v) is 2.40. The van der Waals surface area contributed by atoms with Crippen LogP contribution in [0.15, 0.2) is 24.3 Å². The lowest BCUT2D eigenvalue weighted by molar-refractivity contribution is -0.117. The Balaban J connectivity index is 2.54. The first-order valence-corrected chi connectivity index (χ1v) is 7.94. The highest BCUT2D eigenvalue weighted by atomic mass is 16.2. The summed E-state index contributed by atoms with van der Waals surface area (Å²) in [5, 5.41) is 2.95. The minimum absolute atomic E-state index is 0.0389. The van der Waals surface area contributed by atoms with Gasteiger partial charge in [-0.15, -0.1) is 0 Å². The van der Waals surface area contributed by atoms with Gasteiger partial charge in [0.2, 0.25) is 5.91 Å². The summed E-state index contributed by atoms with van der Waals surface area (Å²) >= 11 is 0. The van der Waals surface area contributed by atoms with Crippen LogP contribution >= 0.6 is 0 Å². The maximum atomic E-state index is 12.2. The lowest BCUT2D eigenvalue weighted by atomic mass is 10.0. The van der Waals surface area contributed by atoms with Crippen molar-refractivity contribution in [3.8, 4) is 0 Å². The van der Waals surface area contributed by atoms with Gasteiger partial charge in [-0.1, -0.05) is 45.7 Å². The molecule has 1 aromatic rings. The number of rotatable bonds is 9. The molecule has 0 atom stereocenters. The predicted octanol–water partition coefficient (Wildman–Crippen LogP) is 2.84. The second-order valence-corrected chi connectivity index (χ2v) is 5.46. The quantitative estimate of drug-likeness (QED) is 0.735. The summed E-state index contributed by atoms with van der Waals surface area (Å²) in [5.74, 6) is 0.704. The fraction of sp³-hybridized carbons (Fsp3) is 0.588. The smallest absolute Gasteiger partial charge is 0.238 e. The Bertz CT molecular complexity index is 430. The van der Waals surface area contributed by atoms with E-state index in [4.69, 9.17) is 5.73 Å². The third kappa shape index (κ3) is 6.27. The molecule has 0 spiro atoms. The number of nitrogens with zero attached hydrogens (tertiary/aromatic N) is 1. The Hall–Kier alpha value is -1.39. The second-order valence-electron chi connectivity index (χ2n) is 5.46. The number of nitrogens with one attached hydrogen (secondary N) is 1. The molecule has 0 radical (unpaired) electrons. The minimum atomic E-state index is 0.0389. The first-order valence-electron chi connectivity index (χ1n) is 7.94. The van der Waals surface area contributed by atoms with E-state index in [0.29, 0.717) is 19.0 Å². The Morgan fingerprint density at radius 2 is 2.00 bits per heavy atom. The number of carbonyl (C=O) groups is 1. The van der Waals surface area contributed by atoms with Crippen LogP contribution in [0.4, 0.5) is 5.69 Å². The van der Waals surface area contributed by atoms with Crippen molar-refractivity contribution in [1.82, 2.24) is 4.90 Å². The summed E-state index contributed by atoms with van der Waals surface area (Å²) in [6, 6.07) is 7.70. The minimum Gasteiger partial charge on any atom is -0.326 e. The molecule has 0 aliphatic rings. The van der Waals surface area contributed by atoms with Gasteiger partial charge in [-0.25, -0.2) is 0 Å². The molecular formula is C17H29N3O. The predicted molar refractivity (Wildman–Crippen MR) is 89.1 cm³/mol. The average molecular weight is 291 g/mol. The van der Waals surface area contributed by atoms with Crippen LogP contribution in [0.5, 0.6) is 0 Å². The molecule has 0 aliphatic heterocycles. The first-order chi connectivity index (χ1) is 10.1. The summed E-state index contributed by atoms with van der Waals surface area (Å²) in [5.41, 5.74) is 7.46. The Morgan fingerprint density at radius 3 is 2.57 bits per heavy atom. The number of nitrogens with two attached hydrogens (primary N) is 1. The zero-order chi connectivity index (χ0) is 15.7. The number of likely N-dealkylation sites (N-methyl/N-ethyl adjacent to an activating group) is 1. The van der Waals surface area contributed by atoms with Crippen molar-refractivity contribution in [2.45, 2.75) is 40.2 Å². The van der Waals surface area contributed by atoms with Gasteiger partial charge in [-0.05, 0) is 30.2 Å². The van der Waals surface area contributed by atoms with Crippen LogP contribution in [0.25, 0.3) is 0 Å². The van der Waals surface area contributed by atoms with Crippen molar-refractivity contribution in [1.29, 1.82) is 0 Å². The van der Waals surface area contributed by atoms with E-state index in [1.165, 1.54) is 0 Å². The van der Waals surface area contributed by atoms with E-state index in [1.54, 1.807) is 0 Å². The molecule has 3 N–H and O–H groups in total. The SMILES string of the molecule is CCC(CC)CN(CC)CC(=O)Nc1cccc(CN)c1. The average Bonchev–Trinajstić information content (AvgIpc) is 2.51. The van der Waals surface area contributed by atoms with E-state index < -0.39 is 0 Å². The zero-order valence-electron chi connectivity index (χ0n) is 13.6. The van der Waals surface area contributed by atoms with Gasteiger partial charge in [-0.2, -0.15) is 0 Å². The number of benzene rings is 1. The summed E-state index contributed by atoms with van der Waals surface area (Å²) in [7, 11) is 0. The second kappa shape index (κ2) is 9.53. The molecule has 0 aliphatic carbocycles. The van der Waals surface area contributed by atoms with Crippen molar-refractivity contribution < 1.29 is 4.79 Å². The number of hydrogen-bond acceptors (Lipinski definition) is 3. The summed E-state index contributed by atoms with van der Waals surface area (Å²) in [6.07, 6.45) is 2.32. The van der Waals surface area contributed by atoms with Crippen molar-refractivity contribution in [2.24, 2.45) is 11.7 Å². The summed E-state index contributed by atoms with van der Waals surface area (Å²) in [6.45, 7) is 9.33. The zero-order valence-corrected chi connectivity index (χ0v) is 13.6. The first kappa shape index (κ1) is 17.7. The number of anilines is 1. The van der Waals surface area contributed by atoms with E-state index in [1.807, 2.05) is 24.3 Å². The van der Waals surface area contributed by atoms with Crippen LogP contribution in [-0.4, -0.2) is 30.4 Å². The Morgan fingerprint density at radius 1 is 1.29 bits per heavy atom. The highest BCUT2D eigenvalue weighted by Crippen LogP contribution is 2.12. The lowest BCUT2D eigenvalue weighted by Crippen LogP contribution is -2.36. The molecule has 0 bridgehead atoms. The lowest BCUT2D eigenvalue weighted by Gasteiger charge is -2.24. The van der Waals surface area contributed by atoms with Crippen molar-refractivity contribution in [3.63, 3.8) is 0 Å². The maximum absolute atomic E-state index is 12.2. The molecule has 0 heterocycles. The van der Waals surface area contributed by atoms with Crippen molar-refractivity contribution >= 4 is 11.6 Å². The number of carbonyl (C=O) groups excluding carboxylic acids is 1. The highest BCUT2D eigenvalue weighted by Gasteiger charge is 2.13. The van der Waals surface area contributed by atoms with E-state index >= 15 is 0 Å². The molecular weight excluding hydrogens is 262 g/mol. The molecule has 1 amide bonds. The van der Waals surface area contributed by atoms with Crippen molar-refractivity contribution in [2.75, 3.05) is 25.0 Å². The summed E-state index contributed by atoms with van der Waals surface area (Å²) in [4.78, 5) is 14.4. The van der Waals surface area contributed by atoms with E-state index in [2.05, 4.69) is 31.0 Å². The van der Waals surface area contributed by atoms with Crippen LogP contribution in [0.1, 0.15) is 39.2 Å². The van der Waals surface area contributed by atoms with Gasteiger partial charge >= 0.3 is 0 Å². The Kier molecular flexibility index (Phi) is 8.01. The van der Waals surface area contributed by atoms with Gasteiger partial charge in [-0.3, -0.25) is 9.69 Å². The molecule has 0 unspecified atom stereocenters. The standard InChI is InChI=1S/C17H29N3O/c1-4-14(5-2)12-20(6-3)13-17(21)19-16-9-7-8-15(10-16)11-18/h7-10,14H,4-6,11-13,18H2,1-3H3,(H,19,21). The summed E-state index contributed by atoms with van der Waals surface area (Å²) < 4.78 is 0. The fourth-order valence-electron chi connectivity index (χ4n) is 2.40. The van der Waals surface area contributed by atoms with Gasteiger partial charge in [0.15, 0.2) is 0 Å². The normalized spacial score (nSPS) is 11.1. The van der Waals surface area contributed by atoms with Crippen LogP contribution < -0.4 is 11.1 Å². The van der Waals surface area contributed by atoms with Gasteiger partial charge in [0.25, 0.3) is 0 Å². The third-order valence-corrected chi connectivity index (χ3v) is 3.93. The molecule has 0 saturated carbocycles. The molecule has 0 saturated heterocycles. The van der Waals surface area contributed by atoms with E-state index in [-0.39, 0.29) is 5.91 Å². The van der Waals surface area contributed by atoms with E-state index in [9.17, 15) is 4.79 Å². The number of hydrogen-bond donors (Lipinski definition) is 2. The molecule has 1 aromatic carbocycles. The van der Waals surface area contributed by atoms with E-state index in [0.717, 1.165) is 37.2 Å². The monoisotopic (exact) mass is 291 g/mol. The molecule has 4 heteroatoms. The van der Waals surface area contributed by atoms with Crippen LogP contribution in [0.2, 0.25) is 0 Å². The van der Waals surface area contributed by atoms with Gasteiger partial charge in [0.1, 0.15) is 0 Å². The third-order valence-electron chi connectivity index (χ3n) is 3.93. The molecule has 0 fully saturated rings. The molecule has 21 heavy (non-hydrogen) atoms. The van der Waals surface area contributed by atoms with Crippen LogP contribution in [-0.2, 0) is 11.3 Å². The molecule has 118 valence electrons. The van der Waals surface area contributed by atoms with Gasteiger partial charge in [0, 0.05) is 18.8 Å². The van der Waals surface area contributed by atoms with Crippen molar-refractivity contribution in [3.05, 3.63) is 29.8 Å². The van der Waals surface area contributed by atoms with Crippen LogP contribution in [0.3, 0.4) is 0 Å². The Labute approximate surface area is 128 Å². The molecule has 0 aromatic heterocycles. The molecule has 4 nitrogen and oxygen atoms in total. The largest absolute Gasteiger partial charge is 0.326 e. The van der Waals surface area contributed by atoms with Gasteiger partial charge in [0.05, 0.1) is 6.54 Å². The topological polar surface area (TPSA) is 58.4 Å².